The highest BCUT2D eigenvalue weighted by molar-refractivity contribution is 5.96. The third-order valence-corrected chi connectivity index (χ3v) is 5.10. The second-order valence-corrected chi connectivity index (χ2v) is 8.24. The molecule has 0 atom stereocenters. The van der Waals surface area contributed by atoms with Crippen molar-refractivity contribution in [3.63, 3.8) is 0 Å². The Bertz CT molecular complexity index is 1100. The van der Waals surface area contributed by atoms with Crippen molar-refractivity contribution in [1.82, 2.24) is 9.78 Å². The van der Waals surface area contributed by atoms with Crippen molar-refractivity contribution < 1.29 is 19.4 Å². The molecule has 2 N–H and O–H groups in total. The van der Waals surface area contributed by atoms with Gasteiger partial charge in [-0.15, -0.1) is 0 Å². The van der Waals surface area contributed by atoms with Crippen LogP contribution in [0.4, 0.5) is 11.5 Å². The molecule has 0 bridgehead atoms. The first-order valence-corrected chi connectivity index (χ1v) is 10.1. The van der Waals surface area contributed by atoms with E-state index in [0.29, 0.717) is 23.0 Å². The van der Waals surface area contributed by atoms with Crippen LogP contribution < -0.4 is 14.8 Å². The Morgan fingerprint density at radius 2 is 1.74 bits per heavy atom. The number of nitrogens with one attached hydrogen (secondary N) is 1. The van der Waals surface area contributed by atoms with Gasteiger partial charge in [0.1, 0.15) is 5.82 Å². The maximum atomic E-state index is 11.9. The molecule has 31 heavy (non-hydrogen) atoms. The predicted molar refractivity (Wildman–Crippen MR) is 121 cm³/mol. The van der Waals surface area contributed by atoms with Crippen LogP contribution >= 0.6 is 0 Å². The van der Waals surface area contributed by atoms with Gasteiger partial charge in [-0.1, -0.05) is 45.9 Å². The lowest BCUT2D eigenvalue weighted by atomic mass is 9.92. The van der Waals surface area contributed by atoms with Gasteiger partial charge in [-0.2, -0.15) is 5.10 Å². The number of methoxy groups -OCH3 is 2. The summed E-state index contributed by atoms with van der Waals surface area (Å²) >= 11 is 0. The van der Waals surface area contributed by atoms with Gasteiger partial charge in [0.05, 0.1) is 36.9 Å². The Morgan fingerprint density at radius 3 is 2.32 bits per heavy atom. The van der Waals surface area contributed by atoms with Gasteiger partial charge in [-0.05, 0) is 18.1 Å². The summed E-state index contributed by atoms with van der Waals surface area (Å²) in [6, 6.07) is 13.1. The van der Waals surface area contributed by atoms with Gasteiger partial charge < -0.3 is 19.9 Å². The molecule has 0 amide bonds. The largest absolute Gasteiger partial charge is 0.493 e. The SMILES string of the molecule is CCc1ccccc1-n1nc(C(C)(C)C)cc1Nc1cc(OC)c(OC)cc1C(=O)O. The van der Waals surface area contributed by atoms with Crippen molar-refractivity contribution >= 4 is 17.5 Å². The highest BCUT2D eigenvalue weighted by Gasteiger charge is 2.23. The fraction of sp³-hybridized carbons (Fsp3) is 0.333. The van der Waals surface area contributed by atoms with Crippen LogP contribution in [0.3, 0.4) is 0 Å². The highest BCUT2D eigenvalue weighted by atomic mass is 16.5. The van der Waals surface area contributed by atoms with E-state index in [2.05, 4.69) is 39.1 Å². The maximum Gasteiger partial charge on any atom is 0.337 e. The van der Waals surface area contributed by atoms with Crippen LogP contribution in [0.2, 0.25) is 0 Å². The average Bonchev–Trinajstić information content (AvgIpc) is 3.17. The molecule has 7 nitrogen and oxygen atoms in total. The third kappa shape index (κ3) is 4.50. The number of aromatic nitrogens is 2. The van der Waals surface area contributed by atoms with E-state index in [1.807, 2.05) is 28.9 Å². The quantitative estimate of drug-likeness (QED) is 0.544. The van der Waals surface area contributed by atoms with E-state index in [9.17, 15) is 9.90 Å². The van der Waals surface area contributed by atoms with Gasteiger partial charge >= 0.3 is 5.97 Å². The minimum Gasteiger partial charge on any atom is -0.493 e. The Morgan fingerprint density at radius 1 is 1.10 bits per heavy atom. The van der Waals surface area contributed by atoms with Crippen LogP contribution in [0.1, 0.15) is 49.3 Å². The fourth-order valence-corrected chi connectivity index (χ4v) is 3.33. The van der Waals surface area contributed by atoms with Crippen LogP contribution in [0.5, 0.6) is 11.5 Å². The van der Waals surface area contributed by atoms with Gasteiger partial charge in [-0.25, -0.2) is 9.48 Å². The van der Waals surface area contributed by atoms with E-state index >= 15 is 0 Å². The molecule has 0 spiro atoms. The lowest BCUT2D eigenvalue weighted by Crippen LogP contribution is -2.13. The van der Waals surface area contributed by atoms with Gasteiger partial charge in [-0.3, -0.25) is 0 Å². The van der Waals surface area contributed by atoms with Crippen molar-refractivity contribution in [3.8, 4) is 17.2 Å². The first-order valence-electron chi connectivity index (χ1n) is 10.1. The summed E-state index contributed by atoms with van der Waals surface area (Å²) in [5, 5.41) is 17.9. The molecule has 0 aliphatic rings. The topological polar surface area (TPSA) is 85.6 Å². The second kappa shape index (κ2) is 8.71. The number of para-hydroxylation sites is 1. The molecule has 0 aliphatic carbocycles. The molecule has 0 saturated carbocycles. The molecule has 1 aromatic heterocycles. The zero-order valence-electron chi connectivity index (χ0n) is 18.8. The Labute approximate surface area is 182 Å². The summed E-state index contributed by atoms with van der Waals surface area (Å²) in [4.78, 5) is 11.9. The van der Waals surface area contributed by atoms with Gasteiger partial charge in [0, 0.05) is 23.6 Å². The Balaban J connectivity index is 2.20. The zero-order valence-corrected chi connectivity index (χ0v) is 18.8. The number of hydrogen-bond acceptors (Lipinski definition) is 5. The van der Waals surface area contributed by atoms with Crippen LogP contribution in [0.25, 0.3) is 5.69 Å². The van der Waals surface area contributed by atoms with Crippen molar-refractivity contribution in [3.05, 3.63) is 59.3 Å². The lowest BCUT2D eigenvalue weighted by Gasteiger charge is -2.16. The number of anilines is 2. The maximum absolute atomic E-state index is 11.9. The second-order valence-electron chi connectivity index (χ2n) is 8.24. The Hall–Kier alpha value is -3.48. The summed E-state index contributed by atoms with van der Waals surface area (Å²) in [5.41, 5.74) is 3.25. The number of rotatable bonds is 7. The number of carboxylic acids is 1. The summed E-state index contributed by atoms with van der Waals surface area (Å²) in [6.07, 6.45) is 0.844. The van der Waals surface area contributed by atoms with E-state index in [1.54, 1.807) is 6.07 Å². The lowest BCUT2D eigenvalue weighted by molar-refractivity contribution is 0.0697. The van der Waals surface area contributed by atoms with Gasteiger partial charge in [0.25, 0.3) is 0 Å². The molecule has 0 aliphatic heterocycles. The molecule has 7 heteroatoms. The number of carboxylic acid groups (broad SMARTS) is 1. The minimum atomic E-state index is -1.07. The highest BCUT2D eigenvalue weighted by Crippen LogP contribution is 2.36. The average molecular weight is 424 g/mol. The van der Waals surface area contributed by atoms with Crippen LogP contribution in [0.15, 0.2) is 42.5 Å². The first kappa shape index (κ1) is 22.2. The number of benzene rings is 2. The van der Waals surface area contributed by atoms with Crippen molar-refractivity contribution in [2.45, 2.75) is 39.5 Å². The molecule has 1 heterocycles. The van der Waals surface area contributed by atoms with Gasteiger partial charge in [0.15, 0.2) is 11.5 Å². The molecule has 0 unspecified atom stereocenters. The molecular formula is C24H29N3O4. The number of carbonyl (C=O) groups is 1. The van der Waals surface area contributed by atoms with E-state index in [1.165, 1.54) is 20.3 Å². The third-order valence-electron chi connectivity index (χ3n) is 5.10. The molecule has 164 valence electrons. The smallest absolute Gasteiger partial charge is 0.337 e. The normalized spacial score (nSPS) is 11.3. The number of ether oxygens (including phenoxy) is 2. The van der Waals surface area contributed by atoms with E-state index in [-0.39, 0.29) is 11.0 Å². The van der Waals surface area contributed by atoms with Crippen molar-refractivity contribution in [2.24, 2.45) is 0 Å². The molecule has 0 fully saturated rings. The summed E-state index contributed by atoms with van der Waals surface area (Å²) in [6.45, 7) is 8.37. The van der Waals surface area contributed by atoms with E-state index in [0.717, 1.165) is 23.4 Å². The zero-order chi connectivity index (χ0) is 22.8. The number of aromatic carboxylic acids is 1. The van der Waals surface area contributed by atoms with Crippen LogP contribution in [0, 0.1) is 0 Å². The molecular weight excluding hydrogens is 394 g/mol. The summed E-state index contributed by atoms with van der Waals surface area (Å²) in [7, 11) is 2.99. The standard InChI is InChI=1S/C24H29N3O4/c1-7-15-10-8-9-11-18(15)27-22(14-21(26-27)24(2,3)4)25-17-13-20(31-6)19(30-5)12-16(17)23(28)29/h8-14,25H,7H2,1-6H3,(H,28,29). The van der Waals surface area contributed by atoms with E-state index in [4.69, 9.17) is 14.6 Å². The van der Waals surface area contributed by atoms with Gasteiger partial charge in [0.2, 0.25) is 0 Å². The molecule has 2 aromatic carbocycles. The molecule has 0 saturated heterocycles. The Kier molecular flexibility index (Phi) is 6.24. The molecule has 3 rings (SSSR count). The van der Waals surface area contributed by atoms with Crippen molar-refractivity contribution in [1.29, 1.82) is 0 Å². The first-order chi connectivity index (χ1) is 14.7. The fourth-order valence-electron chi connectivity index (χ4n) is 3.33. The van der Waals surface area contributed by atoms with E-state index < -0.39 is 5.97 Å². The predicted octanol–water partition coefficient (Wildman–Crippen LogP) is 5.19. The van der Waals surface area contributed by atoms with Crippen LogP contribution in [-0.4, -0.2) is 35.1 Å². The number of nitrogens with zero attached hydrogens (tertiary/aromatic N) is 2. The molecule has 0 radical (unpaired) electrons. The number of aryl methyl sites for hydroxylation is 1. The molecule has 3 aromatic rings. The minimum absolute atomic E-state index is 0.0754. The van der Waals surface area contributed by atoms with Crippen LogP contribution in [-0.2, 0) is 11.8 Å². The van der Waals surface area contributed by atoms with Crippen molar-refractivity contribution in [2.75, 3.05) is 19.5 Å². The number of hydrogen-bond donors (Lipinski definition) is 2. The summed E-state index contributed by atoms with van der Waals surface area (Å²) < 4.78 is 12.5. The monoisotopic (exact) mass is 423 g/mol. The summed E-state index contributed by atoms with van der Waals surface area (Å²) in [5.74, 6) is 0.386.